The summed E-state index contributed by atoms with van der Waals surface area (Å²) in [7, 11) is 2.93. The minimum absolute atomic E-state index is 0.116. The molecule has 0 atom stereocenters. The van der Waals surface area contributed by atoms with Gasteiger partial charge in [0.15, 0.2) is 5.15 Å². The summed E-state index contributed by atoms with van der Waals surface area (Å²) >= 11 is 6.43. The molecule has 2 N–H and O–H groups in total. The molecule has 2 aromatic heterocycles. The lowest BCUT2D eigenvalue weighted by Gasteiger charge is -2.13. The highest BCUT2D eigenvalue weighted by molar-refractivity contribution is 6.35. The first kappa shape index (κ1) is 18.1. The van der Waals surface area contributed by atoms with E-state index in [0.29, 0.717) is 28.9 Å². The number of methoxy groups -OCH3 is 2. The number of para-hydroxylation sites is 1. The summed E-state index contributed by atoms with van der Waals surface area (Å²) in [6.07, 6.45) is 0. The number of esters is 1. The Labute approximate surface area is 165 Å². The van der Waals surface area contributed by atoms with Crippen LogP contribution < -0.4 is 10.5 Å². The number of rotatable bonds is 4. The second kappa shape index (κ2) is 7.01. The van der Waals surface area contributed by atoms with Crippen LogP contribution in [0.4, 0.5) is 5.95 Å². The number of fused-ring (bicyclic) bond motifs is 3. The minimum atomic E-state index is -0.416. The van der Waals surface area contributed by atoms with Gasteiger partial charge in [-0.1, -0.05) is 29.8 Å². The Hall–Kier alpha value is -3.32. The summed E-state index contributed by atoms with van der Waals surface area (Å²) in [6.45, 7) is 0.394. The molecule has 4 aromatic rings. The van der Waals surface area contributed by atoms with Crippen LogP contribution in [0.15, 0.2) is 42.5 Å². The van der Waals surface area contributed by atoms with E-state index in [1.54, 1.807) is 25.3 Å². The van der Waals surface area contributed by atoms with Crippen molar-refractivity contribution in [3.05, 3.63) is 58.7 Å². The summed E-state index contributed by atoms with van der Waals surface area (Å²) in [6, 6.07) is 12.9. The molecule has 0 spiro atoms. The zero-order valence-corrected chi connectivity index (χ0v) is 16.0. The molecular formula is C20H17ClN4O3. The van der Waals surface area contributed by atoms with Gasteiger partial charge in [-0.05, 0) is 24.3 Å². The van der Waals surface area contributed by atoms with Gasteiger partial charge in [-0.2, -0.15) is 4.98 Å². The highest BCUT2D eigenvalue weighted by Gasteiger charge is 2.18. The van der Waals surface area contributed by atoms with Crippen molar-refractivity contribution in [2.24, 2.45) is 0 Å². The molecular weight excluding hydrogens is 380 g/mol. The number of hydrogen-bond donors (Lipinski definition) is 1. The van der Waals surface area contributed by atoms with Crippen molar-refractivity contribution in [3.63, 3.8) is 0 Å². The number of ether oxygens (including phenoxy) is 2. The number of benzene rings is 2. The van der Waals surface area contributed by atoms with Gasteiger partial charge in [-0.3, -0.25) is 0 Å². The third-order valence-corrected chi connectivity index (χ3v) is 4.87. The number of nitrogens with zero attached hydrogens (tertiary/aromatic N) is 3. The molecule has 4 rings (SSSR count). The van der Waals surface area contributed by atoms with Crippen molar-refractivity contribution in [1.29, 1.82) is 0 Å². The number of carbonyl (C=O) groups is 1. The molecule has 0 aliphatic heterocycles. The second-order valence-electron chi connectivity index (χ2n) is 6.19. The summed E-state index contributed by atoms with van der Waals surface area (Å²) in [5.74, 6) is 0.344. The Bertz CT molecular complexity index is 1220. The largest absolute Gasteiger partial charge is 0.496 e. The molecule has 0 saturated carbocycles. The van der Waals surface area contributed by atoms with Crippen molar-refractivity contribution in [2.75, 3.05) is 20.0 Å². The molecule has 0 radical (unpaired) electrons. The fourth-order valence-electron chi connectivity index (χ4n) is 3.38. The quantitative estimate of drug-likeness (QED) is 0.418. The van der Waals surface area contributed by atoms with Gasteiger partial charge in [0.25, 0.3) is 0 Å². The maximum Gasteiger partial charge on any atom is 0.337 e. The number of nitrogen functional groups attached to an aromatic ring is 1. The van der Waals surface area contributed by atoms with Crippen LogP contribution in [0.2, 0.25) is 5.15 Å². The van der Waals surface area contributed by atoms with E-state index in [1.807, 2.05) is 28.8 Å². The number of halogens is 1. The lowest BCUT2D eigenvalue weighted by Crippen LogP contribution is -2.07. The predicted octanol–water partition coefficient (Wildman–Crippen LogP) is 3.66. The average molecular weight is 397 g/mol. The highest BCUT2D eigenvalue weighted by Crippen LogP contribution is 2.33. The number of hydrogen-bond acceptors (Lipinski definition) is 6. The monoisotopic (exact) mass is 396 g/mol. The molecule has 0 aliphatic carbocycles. The van der Waals surface area contributed by atoms with E-state index < -0.39 is 5.97 Å². The maximum atomic E-state index is 12.0. The Morgan fingerprint density at radius 3 is 2.71 bits per heavy atom. The van der Waals surface area contributed by atoms with Crippen LogP contribution in [0.5, 0.6) is 5.75 Å². The molecule has 28 heavy (non-hydrogen) atoms. The van der Waals surface area contributed by atoms with Crippen molar-refractivity contribution in [2.45, 2.75) is 6.54 Å². The van der Waals surface area contributed by atoms with E-state index in [4.69, 9.17) is 26.8 Å². The topological polar surface area (TPSA) is 92.3 Å². The third kappa shape index (κ3) is 2.90. The molecule has 0 aliphatic rings. The van der Waals surface area contributed by atoms with E-state index >= 15 is 0 Å². The van der Waals surface area contributed by atoms with Crippen molar-refractivity contribution >= 4 is 45.5 Å². The molecule has 0 fully saturated rings. The van der Waals surface area contributed by atoms with E-state index in [2.05, 4.69) is 9.97 Å². The molecule has 142 valence electrons. The highest BCUT2D eigenvalue weighted by atomic mass is 35.5. The number of nitrogens with two attached hydrogens (primary N) is 1. The number of carbonyl (C=O) groups excluding carboxylic acids is 1. The molecule has 2 aromatic carbocycles. The standard InChI is InChI=1S/C20H17ClN4O3/c1-27-15-8-7-11(19(26)28-2)9-12(15)10-25-14-6-4-3-5-13(14)16-17(25)18(21)24-20(22)23-16/h3-9H,10H2,1-2H3,(H2,22,23,24). The first-order chi connectivity index (χ1) is 13.5. The number of anilines is 1. The van der Waals surface area contributed by atoms with E-state index in [9.17, 15) is 4.79 Å². The zero-order chi connectivity index (χ0) is 19.8. The van der Waals surface area contributed by atoms with E-state index in [1.165, 1.54) is 7.11 Å². The molecule has 2 heterocycles. The smallest absolute Gasteiger partial charge is 0.337 e. The predicted molar refractivity (Wildman–Crippen MR) is 108 cm³/mol. The van der Waals surface area contributed by atoms with Gasteiger partial charge in [0, 0.05) is 10.9 Å². The third-order valence-electron chi connectivity index (χ3n) is 4.61. The number of aromatic nitrogens is 3. The van der Waals surface area contributed by atoms with Gasteiger partial charge in [0.05, 0.1) is 31.8 Å². The van der Waals surface area contributed by atoms with E-state index in [0.717, 1.165) is 16.5 Å². The molecule has 0 amide bonds. The normalized spacial score (nSPS) is 11.1. The van der Waals surface area contributed by atoms with Gasteiger partial charge < -0.3 is 19.8 Å². The molecule has 8 heteroatoms. The SMILES string of the molecule is COC(=O)c1ccc(OC)c(Cn2c3ccccc3c3nc(N)nc(Cl)c32)c1. The minimum Gasteiger partial charge on any atom is -0.496 e. The Morgan fingerprint density at radius 2 is 1.96 bits per heavy atom. The van der Waals surface area contributed by atoms with Crippen molar-refractivity contribution in [1.82, 2.24) is 14.5 Å². The summed E-state index contributed by atoms with van der Waals surface area (Å²) in [5, 5.41) is 1.18. The van der Waals surface area contributed by atoms with Crippen molar-refractivity contribution < 1.29 is 14.3 Å². The van der Waals surface area contributed by atoms with Gasteiger partial charge in [-0.25, -0.2) is 9.78 Å². The molecule has 7 nitrogen and oxygen atoms in total. The lowest BCUT2D eigenvalue weighted by atomic mass is 10.1. The Balaban J connectivity index is 1.96. The van der Waals surface area contributed by atoms with Crippen LogP contribution in [0.1, 0.15) is 15.9 Å². The first-order valence-electron chi connectivity index (χ1n) is 8.48. The van der Waals surface area contributed by atoms with E-state index in [-0.39, 0.29) is 11.1 Å². The Kier molecular flexibility index (Phi) is 4.52. The summed E-state index contributed by atoms with van der Waals surface area (Å²) in [5.41, 5.74) is 9.30. The van der Waals surface area contributed by atoms with Gasteiger partial charge in [-0.15, -0.1) is 0 Å². The second-order valence-corrected chi connectivity index (χ2v) is 6.55. The van der Waals surface area contributed by atoms with Crippen LogP contribution in [-0.4, -0.2) is 34.7 Å². The van der Waals surface area contributed by atoms with Gasteiger partial charge in [0.1, 0.15) is 16.8 Å². The van der Waals surface area contributed by atoms with Crippen LogP contribution >= 0.6 is 11.6 Å². The van der Waals surface area contributed by atoms with Crippen molar-refractivity contribution in [3.8, 4) is 5.75 Å². The van der Waals surface area contributed by atoms with Gasteiger partial charge >= 0.3 is 5.97 Å². The maximum absolute atomic E-state index is 12.0. The van der Waals surface area contributed by atoms with Gasteiger partial charge in [0.2, 0.25) is 5.95 Å². The molecule has 0 saturated heterocycles. The fourth-order valence-corrected chi connectivity index (χ4v) is 3.66. The van der Waals surface area contributed by atoms with Crippen LogP contribution in [-0.2, 0) is 11.3 Å². The molecule has 0 unspecified atom stereocenters. The summed E-state index contributed by atoms with van der Waals surface area (Å²) < 4.78 is 12.3. The average Bonchev–Trinajstić information content (AvgIpc) is 3.01. The zero-order valence-electron chi connectivity index (χ0n) is 15.3. The van der Waals surface area contributed by atoms with Crippen LogP contribution in [0.3, 0.4) is 0 Å². The molecule has 0 bridgehead atoms. The fraction of sp³-hybridized carbons (Fsp3) is 0.150. The van der Waals surface area contributed by atoms with Crippen LogP contribution in [0, 0.1) is 0 Å². The lowest BCUT2D eigenvalue weighted by molar-refractivity contribution is 0.0600. The van der Waals surface area contributed by atoms with Crippen LogP contribution in [0.25, 0.3) is 21.9 Å². The summed E-state index contributed by atoms with van der Waals surface area (Å²) in [4.78, 5) is 20.5. The first-order valence-corrected chi connectivity index (χ1v) is 8.86. The Morgan fingerprint density at radius 1 is 1.18 bits per heavy atom.